The zero-order valence-electron chi connectivity index (χ0n) is 11.3. The average molecular weight is 229 g/mol. The van der Waals surface area contributed by atoms with E-state index in [1.165, 1.54) is 0 Å². The molecule has 1 rings (SSSR count). The van der Waals surface area contributed by atoms with Gasteiger partial charge in [-0.3, -0.25) is 0 Å². The highest BCUT2D eigenvalue weighted by Crippen LogP contribution is 2.22. The summed E-state index contributed by atoms with van der Waals surface area (Å²) in [6, 6.07) is 0. The fraction of sp³-hybridized carbons (Fsp3) is 1.00. The molecule has 0 amide bonds. The van der Waals surface area contributed by atoms with Gasteiger partial charge in [0.15, 0.2) is 0 Å². The highest BCUT2D eigenvalue weighted by Gasteiger charge is 2.34. The summed E-state index contributed by atoms with van der Waals surface area (Å²) in [5.74, 6) is 0.748. The third-order valence-corrected chi connectivity index (χ3v) is 3.26. The highest BCUT2D eigenvalue weighted by molar-refractivity contribution is 4.87. The number of nitrogens with zero attached hydrogens (tertiary/aromatic N) is 3. The molecule has 0 aromatic carbocycles. The van der Waals surface area contributed by atoms with Crippen molar-refractivity contribution in [1.29, 1.82) is 0 Å². The van der Waals surface area contributed by atoms with Gasteiger partial charge in [-0.1, -0.05) is 0 Å². The van der Waals surface area contributed by atoms with E-state index >= 15 is 0 Å². The summed E-state index contributed by atoms with van der Waals surface area (Å²) in [7, 11) is 10.4. The summed E-state index contributed by atoms with van der Waals surface area (Å²) in [4.78, 5) is 6.68. The molecule has 1 fully saturated rings. The highest BCUT2D eigenvalue weighted by atomic mass is 16.3. The Bertz CT molecular complexity index is 184. The van der Waals surface area contributed by atoms with E-state index in [4.69, 9.17) is 0 Å². The Hall–Kier alpha value is -0.160. The van der Waals surface area contributed by atoms with E-state index in [-0.39, 0.29) is 6.10 Å². The second kappa shape index (κ2) is 5.96. The fourth-order valence-corrected chi connectivity index (χ4v) is 2.75. The molecule has 1 aliphatic rings. The van der Waals surface area contributed by atoms with Crippen molar-refractivity contribution in [3.63, 3.8) is 0 Å². The van der Waals surface area contributed by atoms with Gasteiger partial charge in [-0.2, -0.15) is 0 Å². The maximum Gasteiger partial charge on any atom is 0.0645 e. The van der Waals surface area contributed by atoms with Crippen LogP contribution in [0.5, 0.6) is 0 Å². The molecular formula is C12H27N3O. The smallest absolute Gasteiger partial charge is 0.0645 e. The Morgan fingerprint density at radius 1 is 1.00 bits per heavy atom. The second-order valence-electron chi connectivity index (χ2n) is 5.76. The molecule has 4 heteroatoms. The molecule has 1 aliphatic heterocycles. The van der Waals surface area contributed by atoms with Gasteiger partial charge < -0.3 is 19.8 Å². The van der Waals surface area contributed by atoms with Crippen LogP contribution in [0.4, 0.5) is 0 Å². The standard InChI is InChI=1S/C12H27N3O/c1-13(2)6-10-8-15(5)9-11(12(10)16)7-14(3)4/h10-12,16H,6-9H2,1-5H3/t10-,11-/m1/s1. The summed E-state index contributed by atoms with van der Waals surface area (Å²) >= 11 is 0. The van der Waals surface area contributed by atoms with Crippen molar-refractivity contribution in [2.24, 2.45) is 11.8 Å². The number of aliphatic hydroxyl groups excluding tert-OH is 1. The molecule has 1 heterocycles. The zero-order chi connectivity index (χ0) is 12.3. The van der Waals surface area contributed by atoms with Gasteiger partial charge in [0.25, 0.3) is 0 Å². The SMILES string of the molecule is CN(C)C[C@@H]1CN(C)C[C@@H](CN(C)C)C1O. The van der Waals surface area contributed by atoms with E-state index in [2.05, 4.69) is 49.9 Å². The third-order valence-electron chi connectivity index (χ3n) is 3.26. The first-order valence-corrected chi connectivity index (χ1v) is 6.06. The van der Waals surface area contributed by atoms with Gasteiger partial charge >= 0.3 is 0 Å². The van der Waals surface area contributed by atoms with E-state index in [0.29, 0.717) is 11.8 Å². The number of aliphatic hydroxyl groups is 1. The Morgan fingerprint density at radius 2 is 1.38 bits per heavy atom. The quantitative estimate of drug-likeness (QED) is 0.714. The first-order chi connectivity index (χ1) is 7.40. The molecule has 0 spiro atoms. The van der Waals surface area contributed by atoms with Gasteiger partial charge in [0.1, 0.15) is 0 Å². The molecule has 0 aromatic rings. The van der Waals surface area contributed by atoms with E-state index in [1.807, 2.05) is 0 Å². The number of rotatable bonds is 4. The summed E-state index contributed by atoms with van der Waals surface area (Å²) in [6.45, 7) is 3.94. The zero-order valence-corrected chi connectivity index (χ0v) is 11.3. The minimum Gasteiger partial charge on any atom is -0.392 e. The van der Waals surface area contributed by atoms with Crippen molar-refractivity contribution in [3.8, 4) is 0 Å². The van der Waals surface area contributed by atoms with Crippen LogP contribution < -0.4 is 0 Å². The summed E-state index contributed by atoms with van der Waals surface area (Å²) in [6.07, 6.45) is -0.166. The van der Waals surface area contributed by atoms with Crippen LogP contribution in [0.25, 0.3) is 0 Å². The van der Waals surface area contributed by atoms with E-state index in [1.54, 1.807) is 0 Å². The Morgan fingerprint density at radius 3 is 1.69 bits per heavy atom. The molecule has 96 valence electrons. The lowest BCUT2D eigenvalue weighted by molar-refractivity contribution is -0.0296. The van der Waals surface area contributed by atoms with Gasteiger partial charge in [0.2, 0.25) is 0 Å². The fourth-order valence-electron chi connectivity index (χ4n) is 2.75. The van der Waals surface area contributed by atoms with E-state index in [9.17, 15) is 5.11 Å². The predicted octanol–water partition coefficient (Wildman–Crippen LogP) is -0.352. The summed E-state index contributed by atoms with van der Waals surface area (Å²) in [5.41, 5.74) is 0. The number of hydrogen-bond donors (Lipinski definition) is 1. The van der Waals surface area contributed by atoms with Gasteiger partial charge in [-0.05, 0) is 35.2 Å². The minimum absolute atomic E-state index is 0.166. The van der Waals surface area contributed by atoms with Crippen LogP contribution in [0.3, 0.4) is 0 Å². The van der Waals surface area contributed by atoms with Gasteiger partial charge in [0, 0.05) is 38.0 Å². The van der Waals surface area contributed by atoms with Crippen molar-refractivity contribution in [2.45, 2.75) is 6.10 Å². The summed E-state index contributed by atoms with van der Waals surface area (Å²) in [5, 5.41) is 10.4. The van der Waals surface area contributed by atoms with Crippen LogP contribution in [0.1, 0.15) is 0 Å². The minimum atomic E-state index is -0.166. The van der Waals surface area contributed by atoms with Crippen molar-refractivity contribution in [1.82, 2.24) is 14.7 Å². The van der Waals surface area contributed by atoms with E-state index < -0.39 is 0 Å². The maximum absolute atomic E-state index is 10.4. The van der Waals surface area contributed by atoms with Crippen LogP contribution >= 0.6 is 0 Å². The average Bonchev–Trinajstić information content (AvgIpc) is 2.11. The van der Waals surface area contributed by atoms with Crippen LogP contribution in [0.15, 0.2) is 0 Å². The monoisotopic (exact) mass is 229 g/mol. The van der Waals surface area contributed by atoms with E-state index in [0.717, 1.165) is 26.2 Å². The molecule has 0 aromatic heterocycles. The molecular weight excluding hydrogens is 202 g/mol. The lowest BCUT2D eigenvalue weighted by Crippen LogP contribution is -2.53. The van der Waals surface area contributed by atoms with Crippen LogP contribution in [-0.4, -0.2) is 87.3 Å². The molecule has 0 radical (unpaired) electrons. The third kappa shape index (κ3) is 4.01. The Kier molecular flexibility index (Phi) is 5.18. The topological polar surface area (TPSA) is 30.0 Å². The largest absolute Gasteiger partial charge is 0.392 e. The number of piperidine rings is 1. The second-order valence-corrected chi connectivity index (χ2v) is 5.76. The van der Waals surface area contributed by atoms with Crippen LogP contribution in [0.2, 0.25) is 0 Å². The first kappa shape index (κ1) is 13.9. The maximum atomic E-state index is 10.4. The lowest BCUT2D eigenvalue weighted by Gasteiger charge is -2.41. The van der Waals surface area contributed by atoms with Gasteiger partial charge in [0.05, 0.1) is 6.10 Å². The van der Waals surface area contributed by atoms with Crippen LogP contribution in [0, 0.1) is 11.8 Å². The molecule has 2 atom stereocenters. The summed E-state index contributed by atoms with van der Waals surface area (Å²) < 4.78 is 0. The van der Waals surface area contributed by atoms with Crippen molar-refractivity contribution >= 4 is 0 Å². The van der Waals surface area contributed by atoms with Gasteiger partial charge in [-0.25, -0.2) is 0 Å². The Labute approximate surface area is 99.8 Å². The molecule has 0 bridgehead atoms. The molecule has 16 heavy (non-hydrogen) atoms. The normalized spacial score (nSPS) is 29.2. The molecule has 0 saturated carbocycles. The molecule has 1 saturated heterocycles. The van der Waals surface area contributed by atoms with Crippen molar-refractivity contribution in [2.75, 3.05) is 61.4 Å². The molecule has 0 aliphatic carbocycles. The lowest BCUT2D eigenvalue weighted by atomic mass is 9.85. The molecule has 0 unspecified atom stereocenters. The Balaban J connectivity index is 2.58. The first-order valence-electron chi connectivity index (χ1n) is 6.06. The van der Waals surface area contributed by atoms with Gasteiger partial charge in [-0.15, -0.1) is 0 Å². The van der Waals surface area contributed by atoms with Crippen molar-refractivity contribution in [3.05, 3.63) is 0 Å². The number of hydrogen-bond acceptors (Lipinski definition) is 4. The molecule has 1 N–H and O–H groups in total. The van der Waals surface area contributed by atoms with Crippen LogP contribution in [-0.2, 0) is 0 Å². The predicted molar refractivity (Wildman–Crippen MR) is 67.6 cm³/mol. The number of likely N-dealkylation sites (tertiary alicyclic amines) is 1. The van der Waals surface area contributed by atoms with Crippen molar-refractivity contribution < 1.29 is 5.11 Å². The molecule has 4 nitrogen and oxygen atoms in total.